The SMILES string of the molecule is CCCC=Cc1cc(-c2ccccc2)ccc1C. The average Bonchev–Trinajstić information content (AvgIpc) is 2.42. The average molecular weight is 236 g/mol. The molecule has 0 aliphatic heterocycles. The lowest BCUT2D eigenvalue weighted by atomic mass is 9.99. The summed E-state index contributed by atoms with van der Waals surface area (Å²) >= 11 is 0. The number of hydrogen-bond donors (Lipinski definition) is 0. The van der Waals surface area contributed by atoms with E-state index in [0.717, 1.165) is 6.42 Å². The highest BCUT2D eigenvalue weighted by Crippen LogP contribution is 2.23. The molecule has 0 N–H and O–H groups in total. The third-order valence-electron chi connectivity index (χ3n) is 3.14. The standard InChI is InChI=1S/C18H20/c1-3-4-6-11-17-14-18(13-12-15(17)2)16-9-7-5-8-10-16/h5-14H,3-4H2,1-2H3. The van der Waals surface area contributed by atoms with Gasteiger partial charge in [0.15, 0.2) is 0 Å². The summed E-state index contributed by atoms with van der Waals surface area (Å²) in [6, 6.07) is 17.2. The number of allylic oxidation sites excluding steroid dienone is 1. The number of aryl methyl sites for hydroxylation is 1. The molecule has 0 spiro atoms. The van der Waals surface area contributed by atoms with Crippen molar-refractivity contribution in [1.29, 1.82) is 0 Å². The zero-order valence-electron chi connectivity index (χ0n) is 11.2. The van der Waals surface area contributed by atoms with E-state index in [1.807, 2.05) is 0 Å². The molecule has 2 aromatic carbocycles. The molecular formula is C18H20. The summed E-state index contributed by atoms with van der Waals surface area (Å²) in [6.45, 7) is 4.37. The minimum Gasteiger partial charge on any atom is -0.0839 e. The molecule has 18 heavy (non-hydrogen) atoms. The van der Waals surface area contributed by atoms with Gasteiger partial charge in [-0.15, -0.1) is 0 Å². The van der Waals surface area contributed by atoms with Crippen molar-refractivity contribution >= 4 is 6.08 Å². The highest BCUT2D eigenvalue weighted by Gasteiger charge is 1.99. The molecule has 0 bridgehead atoms. The predicted molar refractivity (Wildman–Crippen MR) is 80.6 cm³/mol. The molecule has 0 nitrogen and oxygen atoms in total. The number of benzene rings is 2. The molecule has 0 fully saturated rings. The molecule has 0 amide bonds. The Hall–Kier alpha value is -1.82. The highest BCUT2D eigenvalue weighted by molar-refractivity contribution is 5.68. The van der Waals surface area contributed by atoms with E-state index >= 15 is 0 Å². The third-order valence-corrected chi connectivity index (χ3v) is 3.14. The summed E-state index contributed by atoms with van der Waals surface area (Å²) in [5.41, 5.74) is 5.23. The molecule has 0 aliphatic carbocycles. The van der Waals surface area contributed by atoms with Crippen LogP contribution < -0.4 is 0 Å². The van der Waals surface area contributed by atoms with Crippen molar-refractivity contribution in [3.63, 3.8) is 0 Å². The van der Waals surface area contributed by atoms with Gasteiger partial charge in [0.2, 0.25) is 0 Å². The Morgan fingerprint density at radius 3 is 2.44 bits per heavy atom. The molecule has 0 unspecified atom stereocenters. The molecule has 92 valence electrons. The van der Waals surface area contributed by atoms with Crippen molar-refractivity contribution in [1.82, 2.24) is 0 Å². The van der Waals surface area contributed by atoms with Crippen LogP contribution in [0.3, 0.4) is 0 Å². The summed E-state index contributed by atoms with van der Waals surface area (Å²) < 4.78 is 0. The van der Waals surface area contributed by atoms with E-state index in [9.17, 15) is 0 Å². The normalized spacial score (nSPS) is 11.0. The Bertz CT molecular complexity index is 521. The Morgan fingerprint density at radius 1 is 0.944 bits per heavy atom. The summed E-state index contributed by atoms with van der Waals surface area (Å²) in [7, 11) is 0. The van der Waals surface area contributed by atoms with Gasteiger partial charge in [-0.2, -0.15) is 0 Å². The molecule has 0 radical (unpaired) electrons. The van der Waals surface area contributed by atoms with Crippen LogP contribution in [0.25, 0.3) is 17.2 Å². The second kappa shape index (κ2) is 6.20. The van der Waals surface area contributed by atoms with Gasteiger partial charge in [-0.25, -0.2) is 0 Å². The van der Waals surface area contributed by atoms with Gasteiger partial charge in [-0.05, 0) is 41.7 Å². The number of unbranched alkanes of at least 4 members (excludes halogenated alkanes) is 1. The van der Waals surface area contributed by atoms with E-state index in [1.54, 1.807) is 0 Å². The molecule has 2 aromatic rings. The summed E-state index contributed by atoms with van der Waals surface area (Å²) in [5.74, 6) is 0. The van der Waals surface area contributed by atoms with Crippen LogP contribution in [0.2, 0.25) is 0 Å². The molecule has 0 saturated carbocycles. The highest BCUT2D eigenvalue weighted by atomic mass is 14.0. The van der Waals surface area contributed by atoms with Gasteiger partial charge in [0.25, 0.3) is 0 Å². The van der Waals surface area contributed by atoms with Gasteiger partial charge < -0.3 is 0 Å². The molecule has 0 atom stereocenters. The molecule has 0 aromatic heterocycles. The lowest BCUT2D eigenvalue weighted by molar-refractivity contribution is 0.962. The van der Waals surface area contributed by atoms with Crippen LogP contribution in [-0.4, -0.2) is 0 Å². The fourth-order valence-corrected chi connectivity index (χ4v) is 2.01. The number of rotatable bonds is 4. The summed E-state index contributed by atoms with van der Waals surface area (Å²) in [5, 5.41) is 0. The van der Waals surface area contributed by atoms with E-state index in [0.29, 0.717) is 0 Å². The van der Waals surface area contributed by atoms with Crippen molar-refractivity contribution in [2.75, 3.05) is 0 Å². The van der Waals surface area contributed by atoms with E-state index in [4.69, 9.17) is 0 Å². The fraction of sp³-hybridized carbons (Fsp3) is 0.222. The van der Waals surface area contributed by atoms with Crippen LogP contribution in [0, 0.1) is 6.92 Å². The van der Waals surface area contributed by atoms with Gasteiger partial charge in [0.05, 0.1) is 0 Å². The first-order valence-corrected chi connectivity index (χ1v) is 6.64. The van der Waals surface area contributed by atoms with Crippen molar-refractivity contribution < 1.29 is 0 Å². The van der Waals surface area contributed by atoms with E-state index in [-0.39, 0.29) is 0 Å². The van der Waals surface area contributed by atoms with E-state index < -0.39 is 0 Å². The minimum atomic E-state index is 1.15. The lowest BCUT2D eigenvalue weighted by Gasteiger charge is -2.06. The Morgan fingerprint density at radius 2 is 1.72 bits per heavy atom. The largest absolute Gasteiger partial charge is 0.0839 e. The Kier molecular flexibility index (Phi) is 4.35. The maximum Gasteiger partial charge on any atom is -0.0178 e. The van der Waals surface area contributed by atoms with Crippen molar-refractivity contribution in [3.05, 3.63) is 65.7 Å². The van der Waals surface area contributed by atoms with Crippen LogP contribution in [0.1, 0.15) is 30.9 Å². The van der Waals surface area contributed by atoms with Gasteiger partial charge in [-0.1, -0.05) is 68.0 Å². The first-order valence-electron chi connectivity index (χ1n) is 6.64. The zero-order valence-corrected chi connectivity index (χ0v) is 11.2. The topological polar surface area (TPSA) is 0 Å². The van der Waals surface area contributed by atoms with E-state index in [1.165, 1.54) is 28.7 Å². The fourth-order valence-electron chi connectivity index (χ4n) is 2.01. The Labute approximate surface area is 110 Å². The quantitative estimate of drug-likeness (QED) is 0.659. The van der Waals surface area contributed by atoms with Crippen LogP contribution in [0.5, 0.6) is 0 Å². The van der Waals surface area contributed by atoms with Crippen LogP contribution in [0.15, 0.2) is 54.6 Å². The van der Waals surface area contributed by atoms with Crippen LogP contribution in [-0.2, 0) is 0 Å². The molecule has 0 heterocycles. The zero-order chi connectivity index (χ0) is 12.8. The molecule has 0 aliphatic rings. The molecular weight excluding hydrogens is 216 g/mol. The maximum atomic E-state index is 2.27. The second-order valence-electron chi connectivity index (χ2n) is 4.63. The summed E-state index contributed by atoms with van der Waals surface area (Å²) in [6.07, 6.45) is 6.85. The van der Waals surface area contributed by atoms with Gasteiger partial charge in [0, 0.05) is 0 Å². The first kappa shape index (κ1) is 12.6. The van der Waals surface area contributed by atoms with Gasteiger partial charge in [0.1, 0.15) is 0 Å². The minimum absolute atomic E-state index is 1.15. The lowest BCUT2D eigenvalue weighted by Crippen LogP contribution is -1.83. The van der Waals surface area contributed by atoms with Crippen LogP contribution in [0.4, 0.5) is 0 Å². The van der Waals surface area contributed by atoms with Crippen molar-refractivity contribution in [2.24, 2.45) is 0 Å². The van der Waals surface area contributed by atoms with E-state index in [2.05, 4.69) is 74.5 Å². The first-order chi connectivity index (χ1) is 8.81. The van der Waals surface area contributed by atoms with Crippen molar-refractivity contribution in [2.45, 2.75) is 26.7 Å². The number of hydrogen-bond acceptors (Lipinski definition) is 0. The van der Waals surface area contributed by atoms with Crippen LogP contribution >= 0.6 is 0 Å². The molecule has 0 heteroatoms. The third kappa shape index (κ3) is 3.10. The second-order valence-corrected chi connectivity index (χ2v) is 4.63. The van der Waals surface area contributed by atoms with Crippen molar-refractivity contribution in [3.8, 4) is 11.1 Å². The summed E-state index contributed by atoms with van der Waals surface area (Å²) in [4.78, 5) is 0. The predicted octanol–water partition coefficient (Wildman–Crippen LogP) is 5.48. The molecule has 2 rings (SSSR count). The van der Waals surface area contributed by atoms with Gasteiger partial charge in [-0.3, -0.25) is 0 Å². The molecule has 0 saturated heterocycles. The Balaban J connectivity index is 2.32. The maximum absolute atomic E-state index is 2.27. The monoisotopic (exact) mass is 236 g/mol. The smallest absolute Gasteiger partial charge is 0.0178 e. The van der Waals surface area contributed by atoms with Gasteiger partial charge >= 0.3 is 0 Å².